The predicted molar refractivity (Wildman–Crippen MR) is 133 cm³/mol. The molecule has 0 aliphatic carbocycles. The van der Waals surface area contributed by atoms with E-state index in [-0.39, 0.29) is 17.4 Å². The Labute approximate surface area is 208 Å². The molecule has 0 radical (unpaired) electrons. The van der Waals surface area contributed by atoms with Crippen molar-refractivity contribution < 1.29 is 29.3 Å². The maximum Gasteiger partial charge on any atom is 0.340 e. The number of phenols is 2. The van der Waals surface area contributed by atoms with Gasteiger partial charge >= 0.3 is 5.97 Å². The molecular weight excluding hydrogens is 460 g/mol. The fourth-order valence-corrected chi connectivity index (χ4v) is 4.92. The normalized spacial score (nSPS) is 14.4. The van der Waals surface area contributed by atoms with Gasteiger partial charge in [-0.1, -0.05) is 12.8 Å². The number of hydrogen-bond acceptors (Lipinski definition) is 7. The molecule has 2 aliphatic rings. The van der Waals surface area contributed by atoms with Gasteiger partial charge in [0.2, 0.25) is 0 Å². The van der Waals surface area contributed by atoms with Crippen LogP contribution in [0.2, 0.25) is 0 Å². The summed E-state index contributed by atoms with van der Waals surface area (Å²) in [7, 11) is 1.94. The summed E-state index contributed by atoms with van der Waals surface area (Å²) in [6, 6.07) is 14.0. The molecule has 3 aromatic rings. The van der Waals surface area contributed by atoms with Gasteiger partial charge in [0.05, 0.1) is 5.56 Å². The van der Waals surface area contributed by atoms with E-state index in [2.05, 4.69) is 10.6 Å². The van der Waals surface area contributed by atoms with Crippen LogP contribution in [-0.2, 0) is 10.3 Å². The smallest absolute Gasteiger partial charge is 0.340 e. The van der Waals surface area contributed by atoms with Crippen LogP contribution in [-0.4, -0.2) is 42.2 Å². The summed E-state index contributed by atoms with van der Waals surface area (Å²) in [6.45, 7) is 1.55. The number of aromatic hydroxyl groups is 2. The average Bonchev–Trinajstić information content (AvgIpc) is 3.15. The Balaban J connectivity index is 1.50. The van der Waals surface area contributed by atoms with E-state index in [1.807, 2.05) is 7.05 Å². The van der Waals surface area contributed by atoms with Crippen molar-refractivity contribution in [3.8, 4) is 23.0 Å². The number of benzene rings is 3. The molecule has 1 spiro atoms. The molecule has 186 valence electrons. The van der Waals surface area contributed by atoms with E-state index in [0.717, 1.165) is 32.2 Å². The van der Waals surface area contributed by atoms with Gasteiger partial charge in [0.15, 0.2) is 5.60 Å². The first-order chi connectivity index (χ1) is 17.4. The fourth-order valence-electron chi connectivity index (χ4n) is 4.92. The van der Waals surface area contributed by atoms with Crippen molar-refractivity contribution in [1.82, 2.24) is 10.6 Å². The van der Waals surface area contributed by atoms with Crippen LogP contribution in [0, 0.1) is 0 Å². The summed E-state index contributed by atoms with van der Waals surface area (Å²) >= 11 is 0. The highest BCUT2D eigenvalue weighted by molar-refractivity contribution is 6.00. The Morgan fingerprint density at radius 3 is 2.11 bits per heavy atom. The largest absolute Gasteiger partial charge is 0.508 e. The maximum absolute atomic E-state index is 13.0. The van der Waals surface area contributed by atoms with E-state index in [0.29, 0.717) is 45.9 Å². The number of nitrogens with one attached hydrogen (secondary N) is 2. The molecule has 5 rings (SSSR count). The molecule has 0 saturated carbocycles. The van der Waals surface area contributed by atoms with Gasteiger partial charge in [-0.15, -0.1) is 0 Å². The first-order valence-corrected chi connectivity index (χ1v) is 12.1. The molecule has 3 aromatic carbocycles. The molecule has 2 heterocycles. The summed E-state index contributed by atoms with van der Waals surface area (Å²) < 4.78 is 12.0. The van der Waals surface area contributed by atoms with Crippen LogP contribution in [0.25, 0.3) is 0 Å². The number of amides is 1. The number of carbonyl (C=O) groups is 2. The molecule has 4 N–H and O–H groups in total. The van der Waals surface area contributed by atoms with Gasteiger partial charge in [-0.05, 0) is 68.9 Å². The highest BCUT2D eigenvalue weighted by Gasteiger charge is 2.53. The standard InChI is InChI=1S/C28H28N2O6/c1-29-12-4-2-3-5-13-30-26(33)17-6-9-20-23(14-17)28(36-27(20)34)21-10-7-18(31)15-24(21)35-25-16-19(32)8-11-22(25)28/h6-11,14-16,29,31-32H,2-5,12-13H2,1H3,(H,30,33). The van der Waals surface area contributed by atoms with Crippen LogP contribution in [0.15, 0.2) is 54.6 Å². The molecule has 0 saturated heterocycles. The Morgan fingerprint density at radius 1 is 0.833 bits per heavy atom. The Morgan fingerprint density at radius 2 is 1.47 bits per heavy atom. The second-order valence-electron chi connectivity index (χ2n) is 9.07. The molecule has 8 heteroatoms. The van der Waals surface area contributed by atoms with Crippen molar-refractivity contribution in [2.75, 3.05) is 20.1 Å². The summed E-state index contributed by atoms with van der Waals surface area (Å²) in [4.78, 5) is 26.0. The molecule has 0 aromatic heterocycles. The minimum atomic E-state index is -1.39. The third-order valence-electron chi connectivity index (χ3n) is 6.67. The number of ether oxygens (including phenoxy) is 2. The number of unbranched alkanes of at least 4 members (excludes halogenated alkanes) is 3. The maximum atomic E-state index is 13.0. The van der Waals surface area contributed by atoms with Gasteiger partial charge in [0.1, 0.15) is 23.0 Å². The van der Waals surface area contributed by atoms with Crippen molar-refractivity contribution in [3.63, 3.8) is 0 Å². The van der Waals surface area contributed by atoms with Crippen LogP contribution in [0.4, 0.5) is 0 Å². The molecule has 0 unspecified atom stereocenters. The van der Waals surface area contributed by atoms with Gasteiger partial charge in [0, 0.05) is 40.9 Å². The lowest BCUT2D eigenvalue weighted by Gasteiger charge is -2.36. The van der Waals surface area contributed by atoms with Crippen molar-refractivity contribution in [3.05, 3.63) is 82.4 Å². The van der Waals surface area contributed by atoms with Crippen LogP contribution < -0.4 is 15.4 Å². The zero-order valence-corrected chi connectivity index (χ0v) is 20.0. The molecule has 0 bridgehead atoms. The summed E-state index contributed by atoms with van der Waals surface area (Å²) in [5, 5.41) is 26.2. The summed E-state index contributed by atoms with van der Waals surface area (Å²) in [6.07, 6.45) is 4.12. The summed E-state index contributed by atoms with van der Waals surface area (Å²) in [5.74, 6) is -0.207. The van der Waals surface area contributed by atoms with Gasteiger partial charge in [0.25, 0.3) is 5.91 Å². The van der Waals surface area contributed by atoms with Crippen LogP contribution in [0.5, 0.6) is 23.0 Å². The minimum absolute atomic E-state index is 0.0175. The van der Waals surface area contributed by atoms with Crippen molar-refractivity contribution >= 4 is 11.9 Å². The lowest BCUT2D eigenvalue weighted by atomic mass is 9.77. The van der Waals surface area contributed by atoms with Gasteiger partial charge < -0.3 is 30.3 Å². The second kappa shape index (κ2) is 9.54. The quantitative estimate of drug-likeness (QED) is 0.278. The Hall–Kier alpha value is -4.04. The monoisotopic (exact) mass is 488 g/mol. The van der Waals surface area contributed by atoms with Crippen LogP contribution in [0.3, 0.4) is 0 Å². The third kappa shape index (κ3) is 4.03. The van der Waals surface area contributed by atoms with Crippen molar-refractivity contribution in [1.29, 1.82) is 0 Å². The Bertz CT molecular complexity index is 1280. The molecule has 8 nitrogen and oxygen atoms in total. The number of phenolic OH excluding ortho intramolecular Hbond substituents is 2. The highest BCUT2D eigenvalue weighted by Crippen LogP contribution is 2.57. The number of fused-ring (bicyclic) bond motifs is 6. The van der Waals surface area contributed by atoms with Gasteiger partial charge in [-0.3, -0.25) is 4.79 Å². The van der Waals surface area contributed by atoms with Gasteiger partial charge in [-0.2, -0.15) is 0 Å². The molecule has 0 fully saturated rings. The van der Waals surface area contributed by atoms with E-state index < -0.39 is 11.6 Å². The van der Waals surface area contributed by atoms with E-state index in [1.54, 1.807) is 30.3 Å². The lowest BCUT2D eigenvalue weighted by Crippen LogP contribution is -2.33. The lowest BCUT2D eigenvalue weighted by molar-refractivity contribution is 0.0224. The minimum Gasteiger partial charge on any atom is -0.508 e. The number of hydrogen-bond donors (Lipinski definition) is 4. The molecule has 36 heavy (non-hydrogen) atoms. The number of esters is 1. The third-order valence-corrected chi connectivity index (χ3v) is 6.67. The number of rotatable bonds is 8. The highest BCUT2D eigenvalue weighted by atomic mass is 16.6. The van der Waals surface area contributed by atoms with Crippen LogP contribution in [0.1, 0.15) is 63.1 Å². The topological polar surface area (TPSA) is 117 Å². The fraction of sp³-hybridized carbons (Fsp3) is 0.286. The van der Waals surface area contributed by atoms with Crippen molar-refractivity contribution in [2.45, 2.75) is 31.3 Å². The summed E-state index contributed by atoms with van der Waals surface area (Å²) in [5.41, 5.74) is 0.911. The zero-order chi connectivity index (χ0) is 25.3. The second-order valence-corrected chi connectivity index (χ2v) is 9.07. The molecular formula is C28H28N2O6. The van der Waals surface area contributed by atoms with Gasteiger partial charge in [-0.25, -0.2) is 4.79 Å². The average molecular weight is 489 g/mol. The van der Waals surface area contributed by atoms with E-state index in [4.69, 9.17) is 9.47 Å². The molecule has 2 aliphatic heterocycles. The number of carbonyl (C=O) groups excluding carboxylic acids is 2. The first-order valence-electron chi connectivity index (χ1n) is 12.1. The van der Waals surface area contributed by atoms with E-state index >= 15 is 0 Å². The Kier molecular flexibility index (Phi) is 6.28. The first kappa shape index (κ1) is 23.7. The SMILES string of the molecule is CNCCCCCCNC(=O)c1ccc2c(c1)C1(OC2=O)c2ccc(O)cc2Oc2cc(O)ccc21. The molecule has 1 amide bonds. The van der Waals surface area contributed by atoms with Crippen LogP contribution >= 0.6 is 0 Å². The molecule has 0 atom stereocenters. The zero-order valence-electron chi connectivity index (χ0n) is 20.0. The van der Waals surface area contributed by atoms with E-state index in [1.165, 1.54) is 24.3 Å². The van der Waals surface area contributed by atoms with Crippen molar-refractivity contribution in [2.24, 2.45) is 0 Å². The predicted octanol–water partition coefficient (Wildman–Crippen LogP) is 4.18. The van der Waals surface area contributed by atoms with E-state index in [9.17, 15) is 19.8 Å².